The van der Waals surface area contributed by atoms with Crippen LogP contribution in [0.4, 0.5) is 11.4 Å². The van der Waals surface area contributed by atoms with Crippen LogP contribution < -0.4 is 15.4 Å². The van der Waals surface area contributed by atoms with E-state index in [1.54, 1.807) is 26.4 Å². The first-order chi connectivity index (χ1) is 9.13. The molecular weight excluding hydrogens is 272 g/mol. The van der Waals surface area contributed by atoms with Gasteiger partial charge in [0.05, 0.1) is 22.9 Å². The number of carbonyl (C=O) groups is 1. The summed E-state index contributed by atoms with van der Waals surface area (Å²) in [5, 5.41) is 6.27. The Morgan fingerprint density at radius 2 is 2.21 bits per heavy atom. The molecule has 0 radical (unpaired) electrons. The third-order valence-electron chi connectivity index (χ3n) is 2.69. The van der Waals surface area contributed by atoms with Crippen LogP contribution in [0.25, 0.3) is 0 Å². The van der Waals surface area contributed by atoms with E-state index in [0.717, 1.165) is 0 Å². The Hall–Kier alpha value is -1.50. The molecule has 1 aliphatic heterocycles. The molecule has 104 valence electrons. The Kier molecular flexibility index (Phi) is 4.47. The monoisotopic (exact) mass is 286 g/mol. The Balaban J connectivity index is 2.12. The van der Waals surface area contributed by atoms with Crippen LogP contribution >= 0.6 is 11.6 Å². The Morgan fingerprint density at radius 1 is 1.47 bits per heavy atom. The average molecular weight is 287 g/mol. The van der Waals surface area contributed by atoms with Crippen LogP contribution in [0.15, 0.2) is 12.1 Å². The SMILES string of the molecule is COC(CNc1cc2c(cc1Cl)NC(=O)CO2)OC. The first-order valence-corrected chi connectivity index (χ1v) is 6.07. The van der Waals surface area contributed by atoms with Crippen molar-refractivity contribution in [2.75, 3.05) is 38.0 Å². The van der Waals surface area contributed by atoms with Gasteiger partial charge in [-0.25, -0.2) is 0 Å². The number of nitrogens with one attached hydrogen (secondary N) is 2. The van der Waals surface area contributed by atoms with Gasteiger partial charge in [0.1, 0.15) is 5.75 Å². The van der Waals surface area contributed by atoms with Crippen molar-refractivity contribution in [3.8, 4) is 5.75 Å². The fourth-order valence-electron chi connectivity index (χ4n) is 1.69. The first-order valence-electron chi connectivity index (χ1n) is 5.69. The Morgan fingerprint density at radius 3 is 2.89 bits per heavy atom. The number of benzene rings is 1. The molecule has 1 aromatic rings. The first kappa shape index (κ1) is 13.9. The van der Waals surface area contributed by atoms with Crippen molar-refractivity contribution in [2.24, 2.45) is 0 Å². The largest absolute Gasteiger partial charge is 0.482 e. The summed E-state index contributed by atoms with van der Waals surface area (Å²) < 4.78 is 15.5. The lowest BCUT2D eigenvalue weighted by molar-refractivity contribution is -0.118. The number of anilines is 2. The quantitative estimate of drug-likeness (QED) is 0.807. The number of fused-ring (bicyclic) bond motifs is 1. The fraction of sp³-hybridized carbons (Fsp3) is 0.417. The molecule has 1 aliphatic rings. The zero-order valence-electron chi connectivity index (χ0n) is 10.7. The maximum Gasteiger partial charge on any atom is 0.262 e. The number of methoxy groups -OCH3 is 2. The van der Waals surface area contributed by atoms with Crippen LogP contribution in [-0.2, 0) is 14.3 Å². The summed E-state index contributed by atoms with van der Waals surface area (Å²) >= 11 is 6.13. The van der Waals surface area contributed by atoms with Crippen LogP contribution in [0.1, 0.15) is 0 Å². The van der Waals surface area contributed by atoms with E-state index < -0.39 is 0 Å². The molecule has 0 spiro atoms. The molecule has 1 heterocycles. The minimum absolute atomic E-state index is 0.00679. The lowest BCUT2D eigenvalue weighted by atomic mass is 10.2. The van der Waals surface area contributed by atoms with Crippen molar-refractivity contribution in [1.82, 2.24) is 0 Å². The summed E-state index contributed by atoms with van der Waals surface area (Å²) in [4.78, 5) is 11.2. The number of hydrogen-bond acceptors (Lipinski definition) is 5. The van der Waals surface area contributed by atoms with E-state index in [1.807, 2.05) is 0 Å². The molecule has 1 aromatic carbocycles. The molecule has 6 nitrogen and oxygen atoms in total. The van der Waals surface area contributed by atoms with Crippen molar-refractivity contribution >= 4 is 28.9 Å². The predicted octanol–water partition coefficient (Wildman–Crippen LogP) is 1.70. The number of rotatable bonds is 5. The molecule has 1 amide bonds. The second-order valence-electron chi connectivity index (χ2n) is 3.95. The summed E-state index contributed by atoms with van der Waals surface area (Å²) in [7, 11) is 3.12. The van der Waals surface area contributed by atoms with E-state index in [-0.39, 0.29) is 18.8 Å². The number of halogens is 1. The van der Waals surface area contributed by atoms with E-state index >= 15 is 0 Å². The molecule has 0 atom stereocenters. The van der Waals surface area contributed by atoms with Gasteiger partial charge in [-0.1, -0.05) is 11.6 Å². The molecule has 19 heavy (non-hydrogen) atoms. The second kappa shape index (κ2) is 6.10. The second-order valence-corrected chi connectivity index (χ2v) is 4.35. The zero-order chi connectivity index (χ0) is 13.8. The molecule has 0 aromatic heterocycles. The van der Waals surface area contributed by atoms with Crippen molar-refractivity contribution in [3.63, 3.8) is 0 Å². The fourth-order valence-corrected chi connectivity index (χ4v) is 1.92. The molecule has 2 N–H and O–H groups in total. The Labute approximate surface area is 116 Å². The van der Waals surface area contributed by atoms with Crippen molar-refractivity contribution in [1.29, 1.82) is 0 Å². The van der Waals surface area contributed by atoms with Gasteiger partial charge in [-0.15, -0.1) is 0 Å². The van der Waals surface area contributed by atoms with Gasteiger partial charge < -0.3 is 24.8 Å². The number of carbonyl (C=O) groups excluding carboxylic acids is 1. The van der Waals surface area contributed by atoms with E-state index in [9.17, 15) is 4.79 Å². The van der Waals surface area contributed by atoms with E-state index in [4.69, 9.17) is 25.8 Å². The van der Waals surface area contributed by atoms with E-state index in [1.165, 1.54) is 0 Å². The number of hydrogen-bond donors (Lipinski definition) is 2. The maximum atomic E-state index is 11.2. The van der Waals surface area contributed by atoms with Crippen LogP contribution in [0.3, 0.4) is 0 Å². The normalized spacial score (nSPS) is 13.8. The maximum absolute atomic E-state index is 11.2. The van der Waals surface area contributed by atoms with Crippen molar-refractivity contribution in [3.05, 3.63) is 17.2 Å². The van der Waals surface area contributed by atoms with Gasteiger partial charge in [0, 0.05) is 20.3 Å². The zero-order valence-corrected chi connectivity index (χ0v) is 11.4. The minimum Gasteiger partial charge on any atom is -0.482 e. The molecule has 0 aliphatic carbocycles. The summed E-state index contributed by atoms with van der Waals surface area (Å²) in [6.07, 6.45) is -0.368. The Bertz CT molecular complexity index is 477. The molecule has 0 saturated heterocycles. The minimum atomic E-state index is -0.368. The summed E-state index contributed by atoms with van der Waals surface area (Å²) in [5.41, 5.74) is 1.26. The molecule has 0 bridgehead atoms. The molecule has 0 fully saturated rings. The van der Waals surface area contributed by atoms with Crippen LogP contribution in [-0.4, -0.2) is 39.6 Å². The van der Waals surface area contributed by atoms with Crippen molar-refractivity contribution in [2.45, 2.75) is 6.29 Å². The highest BCUT2D eigenvalue weighted by Gasteiger charge is 2.18. The highest BCUT2D eigenvalue weighted by Crippen LogP contribution is 2.36. The standard InChI is InChI=1S/C12H15ClN2O4/c1-17-12(18-2)5-14-8-4-10-9(3-7(8)13)15-11(16)6-19-10/h3-4,12,14H,5-6H2,1-2H3,(H,15,16). The number of amides is 1. The van der Waals surface area contributed by atoms with Crippen LogP contribution in [0, 0.1) is 0 Å². The van der Waals surface area contributed by atoms with Gasteiger partial charge >= 0.3 is 0 Å². The predicted molar refractivity (Wildman–Crippen MR) is 71.9 cm³/mol. The van der Waals surface area contributed by atoms with Crippen molar-refractivity contribution < 1.29 is 19.0 Å². The molecule has 2 rings (SSSR count). The molecule has 0 unspecified atom stereocenters. The van der Waals surface area contributed by atoms with E-state index in [0.29, 0.717) is 28.7 Å². The summed E-state index contributed by atoms with van der Waals surface area (Å²) in [5.74, 6) is 0.390. The number of ether oxygens (including phenoxy) is 3. The van der Waals surface area contributed by atoms with Crippen LogP contribution in [0.5, 0.6) is 5.75 Å². The molecular formula is C12H15ClN2O4. The molecule has 0 saturated carbocycles. The van der Waals surface area contributed by atoms with Crippen LogP contribution in [0.2, 0.25) is 5.02 Å². The van der Waals surface area contributed by atoms with Gasteiger partial charge in [0.15, 0.2) is 12.9 Å². The summed E-state index contributed by atoms with van der Waals surface area (Å²) in [6.45, 7) is 0.449. The smallest absolute Gasteiger partial charge is 0.262 e. The van der Waals surface area contributed by atoms with Gasteiger partial charge in [-0.2, -0.15) is 0 Å². The van der Waals surface area contributed by atoms with Gasteiger partial charge in [-0.3, -0.25) is 4.79 Å². The average Bonchev–Trinajstić information content (AvgIpc) is 2.40. The van der Waals surface area contributed by atoms with Gasteiger partial charge in [0.25, 0.3) is 5.91 Å². The third-order valence-corrected chi connectivity index (χ3v) is 3.00. The summed E-state index contributed by atoms with van der Waals surface area (Å²) in [6, 6.07) is 3.38. The highest BCUT2D eigenvalue weighted by atomic mass is 35.5. The molecule has 7 heteroatoms. The van der Waals surface area contributed by atoms with Gasteiger partial charge in [0.2, 0.25) is 0 Å². The van der Waals surface area contributed by atoms with E-state index in [2.05, 4.69) is 10.6 Å². The lowest BCUT2D eigenvalue weighted by Crippen LogP contribution is -2.26. The highest BCUT2D eigenvalue weighted by molar-refractivity contribution is 6.33. The third kappa shape index (κ3) is 3.28. The topological polar surface area (TPSA) is 68.8 Å². The van der Waals surface area contributed by atoms with Gasteiger partial charge in [-0.05, 0) is 6.07 Å². The lowest BCUT2D eigenvalue weighted by Gasteiger charge is -2.21.